The van der Waals surface area contributed by atoms with Crippen molar-refractivity contribution in [2.75, 3.05) is 37.6 Å². The van der Waals surface area contributed by atoms with Crippen LogP contribution in [0, 0.1) is 6.92 Å². The summed E-state index contributed by atoms with van der Waals surface area (Å²) < 4.78 is 39.3. The first-order valence-corrected chi connectivity index (χ1v) is 12.0. The first-order chi connectivity index (χ1) is 17.7. The third-order valence-electron chi connectivity index (χ3n) is 6.66. The second-order valence-corrected chi connectivity index (χ2v) is 9.13. The lowest BCUT2D eigenvalue weighted by atomic mass is 10.0. The van der Waals surface area contributed by atoms with E-state index in [0.29, 0.717) is 31.8 Å². The highest BCUT2D eigenvalue weighted by Crippen LogP contribution is 2.33. The number of aromatic carboxylic acids is 1. The van der Waals surface area contributed by atoms with Gasteiger partial charge in [-0.05, 0) is 48.4 Å². The number of nitrogens with zero attached hydrogens (tertiary/aromatic N) is 5. The molecule has 0 radical (unpaired) electrons. The second-order valence-electron chi connectivity index (χ2n) is 9.13. The van der Waals surface area contributed by atoms with E-state index in [1.165, 1.54) is 0 Å². The molecule has 7 nitrogen and oxygen atoms in total. The minimum Gasteiger partial charge on any atom is -0.477 e. The summed E-state index contributed by atoms with van der Waals surface area (Å²) in [5.74, 6) is -1.12. The van der Waals surface area contributed by atoms with Crippen LogP contribution in [0.1, 0.15) is 22.6 Å². The fraction of sp³-hybridized carbons (Fsp3) is 0.296. The van der Waals surface area contributed by atoms with Crippen LogP contribution in [-0.2, 0) is 0 Å². The second kappa shape index (κ2) is 9.85. The van der Waals surface area contributed by atoms with E-state index < -0.39 is 18.6 Å². The molecule has 0 saturated carbocycles. The minimum atomic E-state index is -4.14. The average molecular weight is 510 g/mol. The van der Waals surface area contributed by atoms with Crippen molar-refractivity contribution in [2.24, 2.45) is 0 Å². The summed E-state index contributed by atoms with van der Waals surface area (Å²) in [6.45, 7) is 4.33. The fourth-order valence-electron chi connectivity index (χ4n) is 4.74. The summed E-state index contributed by atoms with van der Waals surface area (Å²) >= 11 is 0. The molecule has 0 amide bonds. The van der Waals surface area contributed by atoms with Crippen LogP contribution in [0.2, 0.25) is 0 Å². The molecule has 192 valence electrons. The van der Waals surface area contributed by atoms with Gasteiger partial charge in [0, 0.05) is 38.4 Å². The average Bonchev–Trinajstić information content (AvgIpc) is 3.24. The SMILES string of the molecule is Cc1nn(-c2ccccc2)c2nc(C(=O)O)cc(-c3ccc(N4CCN(CCC(F)(F)F)CC4)cc3)c12. The molecule has 3 heterocycles. The van der Waals surface area contributed by atoms with Crippen LogP contribution < -0.4 is 4.90 Å². The van der Waals surface area contributed by atoms with E-state index in [9.17, 15) is 23.1 Å². The van der Waals surface area contributed by atoms with Gasteiger partial charge in [0.15, 0.2) is 11.3 Å². The molecular formula is C27H26F3N5O2. The molecule has 5 rings (SSSR count). The summed E-state index contributed by atoms with van der Waals surface area (Å²) in [5.41, 5.74) is 4.45. The van der Waals surface area contributed by atoms with Crippen LogP contribution in [0.25, 0.3) is 27.8 Å². The number of aryl methyl sites for hydroxylation is 1. The van der Waals surface area contributed by atoms with Crippen LogP contribution in [0.3, 0.4) is 0 Å². The zero-order valence-electron chi connectivity index (χ0n) is 20.2. The fourth-order valence-corrected chi connectivity index (χ4v) is 4.74. The van der Waals surface area contributed by atoms with E-state index >= 15 is 0 Å². The Hall–Kier alpha value is -3.92. The number of aromatic nitrogens is 3. The number of rotatable bonds is 6. The molecule has 2 aromatic carbocycles. The van der Waals surface area contributed by atoms with Crippen LogP contribution >= 0.6 is 0 Å². The smallest absolute Gasteiger partial charge is 0.390 e. The van der Waals surface area contributed by atoms with E-state index in [4.69, 9.17) is 0 Å². The largest absolute Gasteiger partial charge is 0.477 e. The van der Waals surface area contributed by atoms with Crippen molar-refractivity contribution < 1.29 is 23.1 Å². The number of piperazine rings is 1. The molecule has 0 atom stereocenters. The molecule has 1 saturated heterocycles. The summed E-state index contributed by atoms with van der Waals surface area (Å²) in [6, 6.07) is 18.8. The lowest BCUT2D eigenvalue weighted by Gasteiger charge is -2.36. The number of carbonyl (C=O) groups is 1. The number of halogens is 3. The van der Waals surface area contributed by atoms with Crippen molar-refractivity contribution in [1.82, 2.24) is 19.7 Å². The van der Waals surface area contributed by atoms with E-state index in [0.717, 1.165) is 33.6 Å². The van der Waals surface area contributed by atoms with Crippen LogP contribution in [0.15, 0.2) is 60.7 Å². The Morgan fingerprint density at radius 2 is 1.65 bits per heavy atom. The number of para-hydroxylation sites is 1. The zero-order valence-corrected chi connectivity index (χ0v) is 20.2. The van der Waals surface area contributed by atoms with Crippen molar-refractivity contribution in [3.05, 3.63) is 72.1 Å². The monoisotopic (exact) mass is 509 g/mol. The molecule has 10 heteroatoms. The summed E-state index contributed by atoms with van der Waals surface area (Å²) in [5, 5.41) is 15.2. The van der Waals surface area contributed by atoms with Crippen molar-refractivity contribution >= 4 is 22.7 Å². The number of benzene rings is 2. The van der Waals surface area contributed by atoms with E-state index in [2.05, 4.69) is 15.0 Å². The van der Waals surface area contributed by atoms with Gasteiger partial charge in [0.25, 0.3) is 0 Å². The Labute approximate surface area is 211 Å². The van der Waals surface area contributed by atoms with E-state index in [1.807, 2.05) is 66.4 Å². The van der Waals surface area contributed by atoms with Crippen LogP contribution in [0.4, 0.5) is 18.9 Å². The van der Waals surface area contributed by atoms with Gasteiger partial charge in [-0.25, -0.2) is 14.5 Å². The normalized spacial score (nSPS) is 14.9. The summed E-state index contributed by atoms with van der Waals surface area (Å²) in [4.78, 5) is 20.3. The Balaban J connectivity index is 1.43. The van der Waals surface area contributed by atoms with Gasteiger partial charge in [0.1, 0.15) is 0 Å². The number of hydrogen-bond acceptors (Lipinski definition) is 5. The van der Waals surface area contributed by atoms with E-state index in [-0.39, 0.29) is 12.2 Å². The molecular weight excluding hydrogens is 483 g/mol. The number of hydrogen-bond donors (Lipinski definition) is 1. The Bertz CT molecular complexity index is 1410. The molecule has 1 N–H and O–H groups in total. The lowest BCUT2D eigenvalue weighted by Crippen LogP contribution is -2.47. The molecule has 1 aliphatic heterocycles. The van der Waals surface area contributed by atoms with Gasteiger partial charge < -0.3 is 10.0 Å². The number of alkyl halides is 3. The predicted octanol–water partition coefficient (Wildman–Crippen LogP) is 5.17. The van der Waals surface area contributed by atoms with Crippen LogP contribution in [0.5, 0.6) is 0 Å². The van der Waals surface area contributed by atoms with Crippen LogP contribution in [-0.4, -0.2) is 69.6 Å². The highest BCUT2D eigenvalue weighted by molar-refractivity contribution is 6.00. The van der Waals surface area contributed by atoms with Gasteiger partial charge in [-0.3, -0.25) is 4.90 Å². The third kappa shape index (κ3) is 5.29. The molecule has 1 aliphatic rings. The van der Waals surface area contributed by atoms with Crippen molar-refractivity contribution in [3.63, 3.8) is 0 Å². The number of carboxylic acid groups (broad SMARTS) is 1. The Kier molecular flexibility index (Phi) is 6.59. The van der Waals surface area contributed by atoms with Gasteiger partial charge in [-0.15, -0.1) is 0 Å². The molecule has 4 aromatic rings. The maximum atomic E-state index is 12.5. The summed E-state index contributed by atoms with van der Waals surface area (Å²) in [6.07, 6.45) is -4.93. The first kappa shape index (κ1) is 24.8. The van der Waals surface area contributed by atoms with E-state index in [1.54, 1.807) is 10.7 Å². The Morgan fingerprint density at radius 1 is 0.973 bits per heavy atom. The number of anilines is 1. The topological polar surface area (TPSA) is 74.5 Å². The summed E-state index contributed by atoms with van der Waals surface area (Å²) in [7, 11) is 0. The Morgan fingerprint density at radius 3 is 2.27 bits per heavy atom. The van der Waals surface area contributed by atoms with Crippen molar-refractivity contribution in [3.8, 4) is 16.8 Å². The number of pyridine rings is 1. The van der Waals surface area contributed by atoms with Gasteiger partial charge >= 0.3 is 12.1 Å². The molecule has 0 spiro atoms. The van der Waals surface area contributed by atoms with Gasteiger partial charge in [-0.1, -0.05) is 30.3 Å². The predicted molar refractivity (Wildman–Crippen MR) is 135 cm³/mol. The lowest BCUT2D eigenvalue weighted by molar-refractivity contribution is -0.138. The number of carboxylic acids is 1. The highest BCUT2D eigenvalue weighted by atomic mass is 19.4. The molecule has 1 fully saturated rings. The van der Waals surface area contributed by atoms with Crippen molar-refractivity contribution in [2.45, 2.75) is 19.5 Å². The standard InChI is InChI=1S/C27H26F3N5O2/c1-18-24-22(17-23(26(36)37)31-25(24)35(32-18)21-5-3-2-4-6-21)19-7-9-20(10-8-19)34-15-13-33(14-16-34)12-11-27(28,29)30/h2-10,17H,11-16H2,1H3,(H,36,37). The number of fused-ring (bicyclic) bond motifs is 1. The third-order valence-corrected chi connectivity index (χ3v) is 6.66. The minimum absolute atomic E-state index is 0.0241. The van der Waals surface area contributed by atoms with Gasteiger partial charge in [0.2, 0.25) is 0 Å². The van der Waals surface area contributed by atoms with Gasteiger partial charge in [0.05, 0.1) is 23.2 Å². The molecule has 0 bridgehead atoms. The maximum Gasteiger partial charge on any atom is 0.390 e. The molecule has 0 aliphatic carbocycles. The van der Waals surface area contributed by atoms with Gasteiger partial charge in [-0.2, -0.15) is 18.3 Å². The molecule has 2 aromatic heterocycles. The maximum absolute atomic E-state index is 12.5. The quantitative estimate of drug-likeness (QED) is 0.387. The van der Waals surface area contributed by atoms with Crippen molar-refractivity contribution in [1.29, 1.82) is 0 Å². The highest BCUT2D eigenvalue weighted by Gasteiger charge is 2.29. The first-order valence-electron chi connectivity index (χ1n) is 12.0. The zero-order chi connectivity index (χ0) is 26.2. The molecule has 0 unspecified atom stereocenters. The molecule has 37 heavy (non-hydrogen) atoms.